The van der Waals surface area contributed by atoms with Crippen molar-refractivity contribution in [2.45, 2.75) is 6.92 Å². The normalized spacial score (nSPS) is 10.5. The van der Waals surface area contributed by atoms with Crippen molar-refractivity contribution in [3.8, 4) is 29.9 Å². The molecule has 0 aliphatic carbocycles. The van der Waals surface area contributed by atoms with Crippen molar-refractivity contribution >= 4 is 39.6 Å². The second-order valence-electron chi connectivity index (χ2n) is 5.76. The topological polar surface area (TPSA) is 109 Å². The predicted octanol–water partition coefficient (Wildman–Crippen LogP) is 4.10. The van der Waals surface area contributed by atoms with Gasteiger partial charge in [0, 0.05) is 10.2 Å². The number of nitrogens with zero attached hydrogens (tertiary/aromatic N) is 1. The number of ether oxygens (including phenoxy) is 2. The molecule has 2 N–H and O–H groups in total. The molecule has 0 saturated heterocycles. The molecule has 0 aromatic heterocycles. The van der Waals surface area contributed by atoms with E-state index in [1.54, 1.807) is 12.1 Å². The molecule has 8 heteroatoms. The first-order chi connectivity index (χ1) is 14.4. The second kappa shape index (κ2) is 10.7. The van der Waals surface area contributed by atoms with Crippen molar-refractivity contribution < 1.29 is 24.2 Å². The summed E-state index contributed by atoms with van der Waals surface area (Å²) in [4.78, 5) is 23.6. The quantitative estimate of drug-likeness (QED) is 0.342. The summed E-state index contributed by atoms with van der Waals surface area (Å²) >= 11 is 3.39. The van der Waals surface area contributed by atoms with Gasteiger partial charge in [0.2, 0.25) is 0 Å². The van der Waals surface area contributed by atoms with E-state index >= 15 is 0 Å². The van der Waals surface area contributed by atoms with Crippen LogP contribution in [0.25, 0.3) is 6.08 Å². The fourth-order valence-corrected chi connectivity index (χ4v) is 2.83. The van der Waals surface area contributed by atoms with Gasteiger partial charge in [-0.2, -0.15) is 5.26 Å². The van der Waals surface area contributed by atoms with Crippen LogP contribution in [0.5, 0.6) is 11.5 Å². The molecular formula is C22H17BrN2O5. The lowest BCUT2D eigenvalue weighted by Crippen LogP contribution is -2.14. The van der Waals surface area contributed by atoms with Crippen LogP contribution in [0.4, 0.5) is 5.69 Å². The highest BCUT2D eigenvalue weighted by atomic mass is 79.9. The van der Waals surface area contributed by atoms with Crippen molar-refractivity contribution in [3.05, 3.63) is 57.6 Å². The maximum atomic E-state index is 12.5. The molecule has 2 aromatic carbocycles. The summed E-state index contributed by atoms with van der Waals surface area (Å²) in [7, 11) is 0. The van der Waals surface area contributed by atoms with E-state index in [9.17, 15) is 14.9 Å². The molecule has 152 valence electrons. The molecule has 0 aliphatic rings. The minimum Gasteiger partial charge on any atom is -0.490 e. The van der Waals surface area contributed by atoms with Gasteiger partial charge in [0.05, 0.1) is 12.2 Å². The molecule has 0 saturated carbocycles. The largest absolute Gasteiger partial charge is 0.490 e. The zero-order valence-electron chi connectivity index (χ0n) is 15.9. The van der Waals surface area contributed by atoms with Crippen LogP contribution < -0.4 is 14.8 Å². The number of carboxylic acid groups (broad SMARTS) is 1. The average molecular weight is 469 g/mol. The Kier molecular flexibility index (Phi) is 8.04. The molecule has 30 heavy (non-hydrogen) atoms. The number of nitrogens with one attached hydrogen (secondary N) is 1. The fraction of sp³-hybridized carbons (Fsp3) is 0.136. The van der Waals surface area contributed by atoms with Gasteiger partial charge < -0.3 is 19.9 Å². The number of hydrogen-bond acceptors (Lipinski definition) is 5. The Morgan fingerprint density at radius 3 is 2.63 bits per heavy atom. The van der Waals surface area contributed by atoms with Crippen molar-refractivity contribution in [1.82, 2.24) is 0 Å². The Bertz CT molecular complexity index is 1080. The smallest absolute Gasteiger partial charge is 0.335 e. The summed E-state index contributed by atoms with van der Waals surface area (Å²) in [6.45, 7) is 2.24. The lowest BCUT2D eigenvalue weighted by atomic mass is 10.1. The summed E-state index contributed by atoms with van der Waals surface area (Å²) in [5, 5.41) is 21.0. The van der Waals surface area contributed by atoms with E-state index < -0.39 is 11.9 Å². The number of carbonyl (C=O) groups is 2. The van der Waals surface area contributed by atoms with E-state index in [4.69, 9.17) is 21.0 Å². The number of rotatable bonds is 8. The van der Waals surface area contributed by atoms with Crippen LogP contribution in [0.3, 0.4) is 0 Å². The molecule has 0 radical (unpaired) electrons. The van der Waals surface area contributed by atoms with E-state index in [2.05, 4.69) is 27.2 Å². The second-order valence-corrected chi connectivity index (χ2v) is 6.61. The highest BCUT2D eigenvalue weighted by molar-refractivity contribution is 9.10. The molecule has 0 bridgehead atoms. The maximum Gasteiger partial charge on any atom is 0.335 e. The van der Waals surface area contributed by atoms with Crippen LogP contribution >= 0.6 is 15.9 Å². The van der Waals surface area contributed by atoms with Crippen molar-refractivity contribution in [2.75, 3.05) is 18.5 Å². The number of halogens is 1. The maximum absolute atomic E-state index is 12.5. The third-order valence-corrected chi connectivity index (χ3v) is 4.39. The van der Waals surface area contributed by atoms with Crippen molar-refractivity contribution in [2.24, 2.45) is 0 Å². The fourth-order valence-electron chi connectivity index (χ4n) is 2.39. The van der Waals surface area contributed by atoms with E-state index in [0.29, 0.717) is 28.1 Å². The minimum absolute atomic E-state index is 0.0157. The molecule has 0 spiro atoms. The standard InChI is InChI=1S/C22H17BrN2O5/c1-3-8-30-20-12-18(23)15(11-19(20)29-4-2)9-16(13-24)21(26)25-17-7-5-6-14(10-17)22(27)28/h1,5-7,9-12H,4,8H2,2H3,(H,25,26)(H,27,28)/b16-9-. The van der Waals surface area contributed by atoms with Gasteiger partial charge in [-0.15, -0.1) is 6.42 Å². The summed E-state index contributed by atoms with van der Waals surface area (Å²) in [5.74, 6) is 1.40. The number of anilines is 1. The zero-order chi connectivity index (χ0) is 22.1. The third kappa shape index (κ3) is 5.87. The predicted molar refractivity (Wildman–Crippen MR) is 115 cm³/mol. The number of carbonyl (C=O) groups excluding carboxylic acids is 1. The van der Waals surface area contributed by atoms with Gasteiger partial charge >= 0.3 is 5.97 Å². The summed E-state index contributed by atoms with van der Waals surface area (Å²) in [5.41, 5.74) is 0.601. The molecule has 2 aromatic rings. The van der Waals surface area contributed by atoms with Crippen LogP contribution in [0.1, 0.15) is 22.8 Å². The van der Waals surface area contributed by atoms with Crippen LogP contribution in [0.15, 0.2) is 46.4 Å². The molecule has 7 nitrogen and oxygen atoms in total. The molecule has 0 aliphatic heterocycles. The number of aromatic carboxylic acids is 1. The molecule has 0 heterocycles. The molecular weight excluding hydrogens is 452 g/mol. The SMILES string of the molecule is C#CCOc1cc(Br)c(/C=C(/C#N)C(=O)Nc2cccc(C(=O)O)c2)cc1OCC. The lowest BCUT2D eigenvalue weighted by Gasteiger charge is -2.13. The van der Waals surface area contributed by atoms with E-state index in [1.165, 1.54) is 30.3 Å². The average Bonchev–Trinajstić information content (AvgIpc) is 2.72. The van der Waals surface area contributed by atoms with Gasteiger partial charge in [0.15, 0.2) is 11.5 Å². The van der Waals surface area contributed by atoms with E-state index in [1.807, 2.05) is 13.0 Å². The van der Waals surface area contributed by atoms with E-state index in [-0.39, 0.29) is 23.4 Å². The van der Waals surface area contributed by atoms with Gasteiger partial charge in [0.1, 0.15) is 18.2 Å². The van der Waals surface area contributed by atoms with Gasteiger partial charge in [0.25, 0.3) is 5.91 Å². The molecule has 2 rings (SSSR count). The van der Waals surface area contributed by atoms with E-state index in [0.717, 1.165) is 0 Å². The zero-order valence-corrected chi connectivity index (χ0v) is 17.5. The molecule has 1 amide bonds. The Hall–Kier alpha value is -3.75. The van der Waals surface area contributed by atoms with Crippen molar-refractivity contribution in [3.63, 3.8) is 0 Å². The first-order valence-corrected chi connectivity index (χ1v) is 9.48. The Balaban J connectivity index is 2.34. The lowest BCUT2D eigenvalue weighted by molar-refractivity contribution is -0.112. The van der Waals surface area contributed by atoms with Gasteiger partial charge in [-0.3, -0.25) is 4.79 Å². The Morgan fingerprint density at radius 2 is 2.00 bits per heavy atom. The van der Waals surface area contributed by atoms with Crippen LogP contribution in [0.2, 0.25) is 0 Å². The van der Waals surface area contributed by atoms with Crippen LogP contribution in [-0.2, 0) is 4.79 Å². The van der Waals surface area contributed by atoms with Gasteiger partial charge in [-0.05, 0) is 48.9 Å². The Morgan fingerprint density at radius 1 is 1.27 bits per heavy atom. The van der Waals surface area contributed by atoms with Gasteiger partial charge in [-0.25, -0.2) is 4.79 Å². The van der Waals surface area contributed by atoms with Crippen molar-refractivity contribution in [1.29, 1.82) is 5.26 Å². The highest BCUT2D eigenvalue weighted by Gasteiger charge is 2.14. The molecule has 0 atom stereocenters. The number of amides is 1. The third-order valence-electron chi connectivity index (χ3n) is 3.71. The van der Waals surface area contributed by atoms with Gasteiger partial charge in [-0.1, -0.05) is 27.9 Å². The monoisotopic (exact) mass is 468 g/mol. The summed E-state index contributed by atoms with van der Waals surface area (Å²) < 4.78 is 11.6. The summed E-state index contributed by atoms with van der Waals surface area (Å²) in [6.07, 6.45) is 6.61. The summed E-state index contributed by atoms with van der Waals surface area (Å²) in [6, 6.07) is 10.8. The number of hydrogen-bond donors (Lipinski definition) is 2. The molecule has 0 fully saturated rings. The number of nitriles is 1. The highest BCUT2D eigenvalue weighted by Crippen LogP contribution is 2.35. The minimum atomic E-state index is -1.12. The first kappa shape index (κ1) is 22.5. The van der Waals surface area contributed by atoms with Crippen LogP contribution in [-0.4, -0.2) is 30.2 Å². The first-order valence-electron chi connectivity index (χ1n) is 8.68. The van der Waals surface area contributed by atoms with Crippen LogP contribution in [0, 0.1) is 23.7 Å². The number of benzene rings is 2. The number of terminal acetylenes is 1. The molecule has 0 unspecified atom stereocenters. The Labute approximate surface area is 182 Å². The number of carboxylic acids is 1.